The minimum atomic E-state index is 0.702. The Morgan fingerprint density at radius 1 is 1.45 bits per heavy atom. The molecule has 60 valence electrons. The van der Waals surface area contributed by atoms with Crippen molar-refractivity contribution in [3.05, 3.63) is 23.5 Å². The molecule has 2 nitrogen and oxygen atoms in total. The third kappa shape index (κ3) is 1.70. The maximum absolute atomic E-state index is 5.40. The van der Waals surface area contributed by atoms with Crippen LogP contribution in [0.25, 0.3) is 0 Å². The monoisotopic (exact) mass is 151 g/mol. The fraction of sp³-hybridized carbons (Fsp3) is 0.444. The average Bonchev–Trinajstić information content (AvgIpc) is 1.97. The highest BCUT2D eigenvalue weighted by Gasteiger charge is 2.01. The quantitative estimate of drug-likeness (QED) is 0.645. The molecule has 0 saturated heterocycles. The first kappa shape index (κ1) is 8.05. The van der Waals surface area contributed by atoms with E-state index in [9.17, 15) is 0 Å². The van der Waals surface area contributed by atoms with Gasteiger partial charge in [0.1, 0.15) is 5.75 Å². The molecule has 0 aliphatic rings. The summed E-state index contributed by atoms with van der Waals surface area (Å²) in [5, 5.41) is 0. The molecule has 0 aliphatic heterocycles. The number of pyridine rings is 1. The van der Waals surface area contributed by atoms with Crippen LogP contribution in [0.1, 0.15) is 18.2 Å². The van der Waals surface area contributed by atoms with Crippen LogP contribution in [0.5, 0.6) is 5.75 Å². The van der Waals surface area contributed by atoms with Gasteiger partial charge in [0.25, 0.3) is 0 Å². The Morgan fingerprint density at radius 2 is 2.18 bits per heavy atom. The molecule has 1 aromatic rings. The van der Waals surface area contributed by atoms with Crippen LogP contribution < -0.4 is 4.74 Å². The molecule has 0 aliphatic carbocycles. The van der Waals surface area contributed by atoms with Gasteiger partial charge in [0.15, 0.2) is 0 Å². The van der Waals surface area contributed by atoms with Crippen LogP contribution in [0.15, 0.2) is 12.3 Å². The SMILES string of the molecule is CCOc1c(C)ccnc1C. The molecule has 0 radical (unpaired) electrons. The van der Waals surface area contributed by atoms with Gasteiger partial charge in [-0.05, 0) is 32.4 Å². The van der Waals surface area contributed by atoms with E-state index in [0.717, 1.165) is 17.0 Å². The van der Waals surface area contributed by atoms with Crippen LogP contribution in [0, 0.1) is 13.8 Å². The van der Waals surface area contributed by atoms with Crippen molar-refractivity contribution in [3.63, 3.8) is 0 Å². The topological polar surface area (TPSA) is 22.1 Å². The van der Waals surface area contributed by atoms with Crippen molar-refractivity contribution >= 4 is 0 Å². The molecular formula is C9H13NO. The van der Waals surface area contributed by atoms with Crippen molar-refractivity contribution in [1.82, 2.24) is 4.98 Å². The molecule has 0 amide bonds. The Bertz CT molecular complexity index is 225. The van der Waals surface area contributed by atoms with Crippen molar-refractivity contribution in [2.45, 2.75) is 20.8 Å². The minimum absolute atomic E-state index is 0.702. The highest BCUT2D eigenvalue weighted by Crippen LogP contribution is 2.19. The number of rotatable bonds is 2. The zero-order valence-corrected chi connectivity index (χ0v) is 7.22. The normalized spacial score (nSPS) is 9.73. The molecule has 0 unspecified atom stereocenters. The Kier molecular flexibility index (Phi) is 2.47. The van der Waals surface area contributed by atoms with E-state index in [1.54, 1.807) is 6.20 Å². The lowest BCUT2D eigenvalue weighted by Gasteiger charge is -2.07. The van der Waals surface area contributed by atoms with E-state index in [1.165, 1.54) is 0 Å². The van der Waals surface area contributed by atoms with Crippen molar-refractivity contribution in [2.75, 3.05) is 6.61 Å². The number of ether oxygens (including phenoxy) is 1. The summed E-state index contributed by atoms with van der Waals surface area (Å²) in [4.78, 5) is 4.13. The Hall–Kier alpha value is -1.05. The van der Waals surface area contributed by atoms with Gasteiger partial charge in [0.2, 0.25) is 0 Å². The molecular weight excluding hydrogens is 138 g/mol. The van der Waals surface area contributed by atoms with Gasteiger partial charge in [-0.15, -0.1) is 0 Å². The number of hydrogen-bond donors (Lipinski definition) is 0. The lowest BCUT2D eigenvalue weighted by Crippen LogP contribution is -1.97. The second-order valence-corrected chi connectivity index (χ2v) is 2.48. The van der Waals surface area contributed by atoms with Crippen LogP contribution >= 0.6 is 0 Å². The molecule has 0 atom stereocenters. The molecule has 0 fully saturated rings. The molecule has 2 heteroatoms. The standard InChI is InChI=1S/C9H13NO/c1-4-11-9-7(2)5-6-10-8(9)3/h5-6H,4H2,1-3H3. The molecule has 1 heterocycles. The smallest absolute Gasteiger partial charge is 0.143 e. The summed E-state index contributed by atoms with van der Waals surface area (Å²) in [6.07, 6.45) is 1.80. The highest BCUT2D eigenvalue weighted by molar-refractivity contribution is 5.34. The largest absolute Gasteiger partial charge is 0.492 e. The summed E-state index contributed by atoms with van der Waals surface area (Å²) < 4.78 is 5.40. The van der Waals surface area contributed by atoms with Gasteiger partial charge in [-0.25, -0.2) is 0 Å². The maximum atomic E-state index is 5.40. The Balaban J connectivity index is 3.00. The van der Waals surface area contributed by atoms with E-state index in [0.29, 0.717) is 6.61 Å². The van der Waals surface area contributed by atoms with E-state index in [-0.39, 0.29) is 0 Å². The zero-order chi connectivity index (χ0) is 8.27. The summed E-state index contributed by atoms with van der Waals surface area (Å²) >= 11 is 0. The molecule has 0 N–H and O–H groups in total. The summed E-state index contributed by atoms with van der Waals surface area (Å²) in [5.74, 6) is 0.926. The zero-order valence-electron chi connectivity index (χ0n) is 7.22. The van der Waals surface area contributed by atoms with Crippen molar-refractivity contribution < 1.29 is 4.74 Å². The summed E-state index contributed by atoms with van der Waals surface area (Å²) in [5.41, 5.74) is 2.12. The van der Waals surface area contributed by atoms with Gasteiger partial charge in [0.05, 0.1) is 12.3 Å². The van der Waals surface area contributed by atoms with E-state index < -0.39 is 0 Å². The van der Waals surface area contributed by atoms with Crippen LogP contribution in [0.3, 0.4) is 0 Å². The number of aromatic nitrogens is 1. The van der Waals surface area contributed by atoms with Gasteiger partial charge in [0, 0.05) is 6.20 Å². The molecule has 1 aromatic heterocycles. The van der Waals surface area contributed by atoms with Crippen LogP contribution in [0.4, 0.5) is 0 Å². The maximum Gasteiger partial charge on any atom is 0.143 e. The van der Waals surface area contributed by atoms with Crippen LogP contribution in [0.2, 0.25) is 0 Å². The van der Waals surface area contributed by atoms with E-state index in [4.69, 9.17) is 4.74 Å². The first-order valence-corrected chi connectivity index (χ1v) is 3.80. The average molecular weight is 151 g/mol. The van der Waals surface area contributed by atoms with E-state index in [2.05, 4.69) is 4.98 Å². The second-order valence-electron chi connectivity index (χ2n) is 2.48. The van der Waals surface area contributed by atoms with Gasteiger partial charge in [-0.1, -0.05) is 0 Å². The lowest BCUT2D eigenvalue weighted by molar-refractivity contribution is 0.333. The summed E-state index contributed by atoms with van der Waals surface area (Å²) in [6, 6.07) is 1.96. The first-order chi connectivity index (χ1) is 5.25. The van der Waals surface area contributed by atoms with Gasteiger partial charge in [-0.2, -0.15) is 0 Å². The molecule has 0 spiro atoms. The first-order valence-electron chi connectivity index (χ1n) is 3.80. The van der Waals surface area contributed by atoms with E-state index >= 15 is 0 Å². The van der Waals surface area contributed by atoms with E-state index in [1.807, 2.05) is 26.8 Å². The molecule has 1 rings (SSSR count). The van der Waals surface area contributed by atoms with Gasteiger partial charge >= 0.3 is 0 Å². The number of aryl methyl sites for hydroxylation is 2. The number of hydrogen-bond acceptors (Lipinski definition) is 2. The van der Waals surface area contributed by atoms with Crippen molar-refractivity contribution in [2.24, 2.45) is 0 Å². The van der Waals surface area contributed by atoms with Gasteiger partial charge in [-0.3, -0.25) is 4.98 Å². The Morgan fingerprint density at radius 3 is 2.73 bits per heavy atom. The predicted molar refractivity (Wildman–Crippen MR) is 44.9 cm³/mol. The predicted octanol–water partition coefficient (Wildman–Crippen LogP) is 2.10. The third-order valence-electron chi connectivity index (χ3n) is 1.57. The molecule has 11 heavy (non-hydrogen) atoms. The van der Waals surface area contributed by atoms with Crippen molar-refractivity contribution in [3.8, 4) is 5.75 Å². The van der Waals surface area contributed by atoms with Crippen LogP contribution in [-0.4, -0.2) is 11.6 Å². The highest BCUT2D eigenvalue weighted by atomic mass is 16.5. The second kappa shape index (κ2) is 3.37. The fourth-order valence-electron chi connectivity index (χ4n) is 1.04. The van der Waals surface area contributed by atoms with Gasteiger partial charge < -0.3 is 4.74 Å². The number of nitrogens with zero attached hydrogens (tertiary/aromatic N) is 1. The molecule has 0 aromatic carbocycles. The van der Waals surface area contributed by atoms with Crippen LogP contribution in [-0.2, 0) is 0 Å². The minimum Gasteiger partial charge on any atom is -0.492 e. The molecule has 0 saturated carbocycles. The fourth-order valence-corrected chi connectivity index (χ4v) is 1.04. The summed E-state index contributed by atoms with van der Waals surface area (Å²) in [6.45, 7) is 6.66. The molecule has 0 bridgehead atoms. The third-order valence-corrected chi connectivity index (χ3v) is 1.57. The summed E-state index contributed by atoms with van der Waals surface area (Å²) in [7, 11) is 0. The lowest BCUT2D eigenvalue weighted by atomic mass is 10.2. The van der Waals surface area contributed by atoms with Crippen molar-refractivity contribution in [1.29, 1.82) is 0 Å². The Labute approximate surface area is 67.2 Å².